The van der Waals surface area contributed by atoms with E-state index >= 15 is 0 Å². The van der Waals surface area contributed by atoms with E-state index in [-0.39, 0.29) is 12.5 Å². The number of nitrogens with zero attached hydrogens (tertiary/aromatic N) is 3. The van der Waals surface area contributed by atoms with Crippen LogP contribution in [0.5, 0.6) is 5.88 Å². The smallest absolute Gasteiger partial charge is 0.303 e. The molecule has 0 radical (unpaired) electrons. The normalized spacial score (nSPS) is 12.2. The molecule has 0 saturated carbocycles. The summed E-state index contributed by atoms with van der Waals surface area (Å²) in [6, 6.07) is 18.4. The van der Waals surface area contributed by atoms with E-state index < -0.39 is 5.97 Å². The van der Waals surface area contributed by atoms with Gasteiger partial charge in [0.1, 0.15) is 23.6 Å². The molecule has 7 nitrogen and oxygen atoms in total. The Bertz CT molecular complexity index is 1270. The van der Waals surface area contributed by atoms with Crippen LogP contribution in [0.4, 0.5) is 0 Å². The Morgan fingerprint density at radius 2 is 1.83 bits per heavy atom. The lowest BCUT2D eigenvalue weighted by Gasteiger charge is -2.21. The average molecular weight is 474 g/mol. The maximum Gasteiger partial charge on any atom is 0.303 e. The van der Waals surface area contributed by atoms with Gasteiger partial charge in [-0.1, -0.05) is 61.5 Å². The van der Waals surface area contributed by atoms with Gasteiger partial charge in [-0.3, -0.25) is 4.79 Å². The fraction of sp³-hybridized carbons (Fsp3) is 0.321. The summed E-state index contributed by atoms with van der Waals surface area (Å²) in [5.41, 5.74) is 4.61. The van der Waals surface area contributed by atoms with Crippen molar-refractivity contribution in [3.8, 4) is 28.3 Å². The number of furan rings is 1. The number of likely N-dealkylation sites (N-methyl/N-ethyl adjacent to an activating group) is 1. The van der Waals surface area contributed by atoms with Crippen molar-refractivity contribution in [2.45, 2.75) is 39.2 Å². The molecule has 0 aliphatic carbocycles. The van der Waals surface area contributed by atoms with E-state index in [1.165, 1.54) is 11.9 Å². The van der Waals surface area contributed by atoms with E-state index in [0.717, 1.165) is 34.3 Å². The van der Waals surface area contributed by atoms with Crippen molar-refractivity contribution >= 4 is 17.1 Å². The molecule has 0 aliphatic heterocycles. The summed E-state index contributed by atoms with van der Waals surface area (Å²) in [4.78, 5) is 21.7. The Balaban J connectivity index is 1.69. The zero-order valence-electron chi connectivity index (χ0n) is 20.4. The second-order valence-corrected chi connectivity index (χ2v) is 8.77. The van der Waals surface area contributed by atoms with Crippen LogP contribution in [0.1, 0.15) is 32.3 Å². The Morgan fingerprint density at radius 1 is 1.09 bits per heavy atom. The molecule has 4 rings (SSSR count). The van der Waals surface area contributed by atoms with Gasteiger partial charge < -0.3 is 19.2 Å². The van der Waals surface area contributed by atoms with Crippen molar-refractivity contribution in [1.82, 2.24) is 14.9 Å². The molecule has 0 unspecified atom stereocenters. The van der Waals surface area contributed by atoms with E-state index in [2.05, 4.69) is 46.1 Å². The van der Waals surface area contributed by atoms with Gasteiger partial charge in [0.2, 0.25) is 11.6 Å². The van der Waals surface area contributed by atoms with Crippen LogP contribution in [0.3, 0.4) is 0 Å². The summed E-state index contributed by atoms with van der Waals surface area (Å²) in [6.45, 7) is 5.43. The minimum absolute atomic E-state index is 0.156. The number of carboxylic acid groups (broad SMARTS) is 1. The molecule has 0 spiro atoms. The van der Waals surface area contributed by atoms with E-state index in [1.807, 2.05) is 44.3 Å². The van der Waals surface area contributed by atoms with Crippen LogP contribution in [0, 0.1) is 0 Å². The number of rotatable bonds is 11. The van der Waals surface area contributed by atoms with E-state index in [0.29, 0.717) is 31.1 Å². The first-order valence-electron chi connectivity index (χ1n) is 12.0. The third kappa shape index (κ3) is 5.87. The van der Waals surface area contributed by atoms with Crippen molar-refractivity contribution in [3.63, 3.8) is 0 Å². The van der Waals surface area contributed by atoms with Gasteiger partial charge in [-0.25, -0.2) is 9.97 Å². The number of aryl methyl sites for hydroxylation is 1. The number of aromatic nitrogens is 2. The van der Waals surface area contributed by atoms with Gasteiger partial charge >= 0.3 is 5.97 Å². The standard InChI is InChI=1S/C28H31N3O4/c1-4-20-12-14-21(15-13-20)24-25-27(34-19(2)17-31(3)16-8-11-23(32)33)29-18-30-28(25)35-26(24)22-9-6-5-7-10-22/h5-7,9-10,12-15,18-19H,4,8,11,16-17H2,1-3H3,(H,32,33)/t19-/m0/s1. The Labute approximate surface area is 205 Å². The number of carbonyl (C=O) groups is 1. The highest BCUT2D eigenvalue weighted by atomic mass is 16.5. The molecule has 0 amide bonds. The third-order valence-corrected chi connectivity index (χ3v) is 5.95. The SMILES string of the molecule is CCc1ccc(-c2c(-c3ccccc3)oc3ncnc(O[C@@H](C)CN(C)CCCC(=O)O)c23)cc1. The zero-order valence-corrected chi connectivity index (χ0v) is 20.4. The molecule has 182 valence electrons. The minimum atomic E-state index is -0.778. The molecule has 0 fully saturated rings. The summed E-state index contributed by atoms with van der Waals surface area (Å²) in [7, 11) is 1.96. The molecular formula is C28H31N3O4. The van der Waals surface area contributed by atoms with Gasteiger partial charge in [-0.2, -0.15) is 0 Å². The molecule has 2 heterocycles. The van der Waals surface area contributed by atoms with Crippen molar-refractivity contribution < 1.29 is 19.1 Å². The topological polar surface area (TPSA) is 88.7 Å². The fourth-order valence-corrected chi connectivity index (χ4v) is 4.23. The van der Waals surface area contributed by atoms with E-state index in [4.69, 9.17) is 14.3 Å². The lowest BCUT2D eigenvalue weighted by molar-refractivity contribution is -0.137. The van der Waals surface area contributed by atoms with Crippen LogP contribution in [0.2, 0.25) is 0 Å². The van der Waals surface area contributed by atoms with Gasteiger partial charge in [0, 0.05) is 24.1 Å². The van der Waals surface area contributed by atoms with Crippen molar-refractivity contribution in [3.05, 3.63) is 66.5 Å². The summed E-state index contributed by atoms with van der Waals surface area (Å²) >= 11 is 0. The molecule has 2 aromatic heterocycles. The largest absolute Gasteiger partial charge is 0.481 e. The molecule has 1 atom stereocenters. The van der Waals surface area contributed by atoms with Crippen LogP contribution in [0.15, 0.2) is 65.3 Å². The highest BCUT2D eigenvalue weighted by Crippen LogP contribution is 2.43. The number of aliphatic carboxylic acids is 1. The second-order valence-electron chi connectivity index (χ2n) is 8.77. The highest BCUT2D eigenvalue weighted by Gasteiger charge is 2.24. The Hall–Kier alpha value is -3.71. The van der Waals surface area contributed by atoms with Gasteiger partial charge in [0.25, 0.3) is 0 Å². The van der Waals surface area contributed by atoms with Crippen LogP contribution in [-0.2, 0) is 11.2 Å². The van der Waals surface area contributed by atoms with Gasteiger partial charge in [-0.15, -0.1) is 0 Å². The third-order valence-electron chi connectivity index (χ3n) is 5.95. The number of ether oxygens (including phenoxy) is 1. The number of fused-ring (bicyclic) bond motifs is 1. The number of benzene rings is 2. The summed E-state index contributed by atoms with van der Waals surface area (Å²) in [5, 5.41) is 9.62. The van der Waals surface area contributed by atoms with Crippen LogP contribution < -0.4 is 4.74 Å². The number of carboxylic acids is 1. The quantitative estimate of drug-likeness (QED) is 0.300. The van der Waals surface area contributed by atoms with Gasteiger partial charge in [0.05, 0.1) is 0 Å². The van der Waals surface area contributed by atoms with Crippen molar-refractivity contribution in [2.24, 2.45) is 0 Å². The molecule has 2 aromatic carbocycles. The monoisotopic (exact) mass is 473 g/mol. The molecular weight excluding hydrogens is 442 g/mol. The number of hydrogen-bond donors (Lipinski definition) is 1. The second kappa shape index (κ2) is 11.1. The van der Waals surface area contributed by atoms with Crippen LogP contribution in [-0.4, -0.2) is 52.2 Å². The first-order chi connectivity index (χ1) is 17.0. The predicted molar refractivity (Wildman–Crippen MR) is 137 cm³/mol. The molecule has 1 N–H and O–H groups in total. The average Bonchev–Trinajstić information content (AvgIpc) is 3.25. The molecule has 0 bridgehead atoms. The minimum Gasteiger partial charge on any atom is -0.481 e. The number of hydrogen-bond acceptors (Lipinski definition) is 6. The summed E-state index contributed by atoms with van der Waals surface area (Å²) in [6.07, 6.45) is 3.00. The molecule has 0 aliphatic rings. The maximum atomic E-state index is 10.8. The highest BCUT2D eigenvalue weighted by molar-refractivity contribution is 6.03. The Morgan fingerprint density at radius 3 is 2.51 bits per heavy atom. The molecule has 7 heteroatoms. The lowest BCUT2D eigenvalue weighted by Crippen LogP contribution is -2.32. The maximum absolute atomic E-state index is 10.8. The van der Waals surface area contributed by atoms with Gasteiger partial charge in [0.15, 0.2) is 0 Å². The summed E-state index contributed by atoms with van der Waals surface area (Å²) in [5.74, 6) is 0.426. The molecule has 0 saturated heterocycles. The molecule has 4 aromatic rings. The first-order valence-corrected chi connectivity index (χ1v) is 12.0. The summed E-state index contributed by atoms with van der Waals surface area (Å²) < 4.78 is 12.6. The lowest BCUT2D eigenvalue weighted by atomic mass is 9.98. The van der Waals surface area contributed by atoms with Crippen molar-refractivity contribution in [1.29, 1.82) is 0 Å². The van der Waals surface area contributed by atoms with E-state index in [1.54, 1.807) is 0 Å². The first kappa shape index (κ1) is 24.4. The predicted octanol–water partition coefficient (Wildman–Crippen LogP) is 5.68. The van der Waals surface area contributed by atoms with E-state index in [9.17, 15) is 4.79 Å². The Kier molecular flexibility index (Phi) is 7.77. The van der Waals surface area contributed by atoms with Crippen molar-refractivity contribution in [2.75, 3.05) is 20.1 Å². The van der Waals surface area contributed by atoms with Crippen LogP contribution in [0.25, 0.3) is 33.6 Å². The fourth-order valence-electron chi connectivity index (χ4n) is 4.23. The van der Waals surface area contributed by atoms with Gasteiger partial charge in [-0.05, 0) is 44.5 Å². The zero-order chi connectivity index (χ0) is 24.8. The van der Waals surface area contributed by atoms with Crippen LogP contribution >= 0.6 is 0 Å². The molecule has 35 heavy (non-hydrogen) atoms.